The fourth-order valence-corrected chi connectivity index (χ4v) is 3.51. The van der Waals surface area contributed by atoms with E-state index in [0.29, 0.717) is 12.0 Å². The lowest BCUT2D eigenvalue weighted by atomic mass is 10.1. The molecule has 1 saturated heterocycles. The van der Waals surface area contributed by atoms with E-state index in [-0.39, 0.29) is 18.1 Å². The van der Waals surface area contributed by atoms with Gasteiger partial charge >= 0.3 is 0 Å². The molecule has 27 heavy (non-hydrogen) atoms. The van der Waals surface area contributed by atoms with Crippen LogP contribution in [-0.2, 0) is 11.3 Å². The molecule has 6 nitrogen and oxygen atoms in total. The van der Waals surface area contributed by atoms with Crippen molar-refractivity contribution in [1.29, 1.82) is 0 Å². The number of aromatic nitrogens is 2. The van der Waals surface area contributed by atoms with Crippen molar-refractivity contribution in [2.75, 3.05) is 32.7 Å². The number of aryl methyl sites for hydroxylation is 2. The van der Waals surface area contributed by atoms with Crippen LogP contribution >= 0.6 is 0 Å². The first-order valence-corrected chi connectivity index (χ1v) is 9.62. The fraction of sp³-hybridized carbons (Fsp3) is 0.476. The Morgan fingerprint density at radius 1 is 0.963 bits per heavy atom. The zero-order valence-electron chi connectivity index (χ0n) is 16.2. The predicted octanol–water partition coefficient (Wildman–Crippen LogP) is 2.31. The van der Waals surface area contributed by atoms with Crippen molar-refractivity contribution < 1.29 is 9.59 Å². The first-order chi connectivity index (χ1) is 13.0. The van der Waals surface area contributed by atoms with Crippen molar-refractivity contribution in [2.24, 2.45) is 0 Å². The number of carbonyl (C=O) groups is 2. The third-order valence-electron chi connectivity index (χ3n) is 5.12. The summed E-state index contributed by atoms with van der Waals surface area (Å²) in [6, 6.07) is 11.3. The molecule has 1 aromatic carbocycles. The molecule has 2 aromatic rings. The molecule has 144 valence electrons. The van der Waals surface area contributed by atoms with Gasteiger partial charge in [-0.2, -0.15) is 5.10 Å². The van der Waals surface area contributed by atoms with Crippen LogP contribution in [-0.4, -0.2) is 64.0 Å². The van der Waals surface area contributed by atoms with Crippen LogP contribution in [0.3, 0.4) is 0 Å². The van der Waals surface area contributed by atoms with Gasteiger partial charge in [0.25, 0.3) is 0 Å². The molecule has 0 N–H and O–H groups in total. The first-order valence-electron chi connectivity index (χ1n) is 9.62. The highest BCUT2D eigenvalue weighted by Crippen LogP contribution is 2.10. The molecular formula is C21H28N4O2. The van der Waals surface area contributed by atoms with Gasteiger partial charge in [0.05, 0.1) is 12.2 Å². The maximum atomic E-state index is 12.4. The van der Waals surface area contributed by atoms with Crippen LogP contribution in [0.5, 0.6) is 0 Å². The number of ketones is 1. The van der Waals surface area contributed by atoms with E-state index in [0.717, 1.165) is 45.0 Å². The lowest BCUT2D eigenvalue weighted by Gasteiger charge is -2.34. The van der Waals surface area contributed by atoms with E-state index in [1.807, 2.05) is 34.7 Å². The largest absolute Gasteiger partial charge is 0.340 e. The summed E-state index contributed by atoms with van der Waals surface area (Å²) >= 11 is 0. The molecule has 6 heteroatoms. The summed E-state index contributed by atoms with van der Waals surface area (Å²) in [5, 5.41) is 4.50. The van der Waals surface area contributed by atoms with E-state index in [1.165, 1.54) is 5.69 Å². The second-order valence-corrected chi connectivity index (χ2v) is 7.16. The van der Waals surface area contributed by atoms with Crippen LogP contribution in [0.4, 0.5) is 0 Å². The van der Waals surface area contributed by atoms with Crippen molar-refractivity contribution in [3.05, 3.63) is 53.3 Å². The monoisotopic (exact) mass is 368 g/mol. The Bertz CT molecular complexity index is 777. The number of Topliss-reactive ketones (excluding diaryl/α,β-unsaturated/α-hetero) is 1. The predicted molar refractivity (Wildman–Crippen MR) is 105 cm³/mol. The van der Waals surface area contributed by atoms with Gasteiger partial charge in [-0.05, 0) is 19.9 Å². The molecule has 0 saturated carbocycles. The first kappa shape index (κ1) is 19.3. The standard InChI is InChI=1S/C21H28N4O2/c1-17-16-18(2)25(22-17)15-12-23-10-13-24(14-11-23)21(27)9-8-20(26)19-6-4-3-5-7-19/h3-7,16H,8-15H2,1-2H3. The summed E-state index contributed by atoms with van der Waals surface area (Å²) in [5.74, 6) is 0.116. The highest BCUT2D eigenvalue weighted by Gasteiger charge is 2.21. The van der Waals surface area contributed by atoms with Gasteiger partial charge in [0.2, 0.25) is 5.91 Å². The average Bonchev–Trinajstić information content (AvgIpc) is 3.02. The Balaban J connectivity index is 1.39. The summed E-state index contributed by atoms with van der Waals surface area (Å²) in [4.78, 5) is 28.8. The lowest BCUT2D eigenvalue weighted by molar-refractivity contribution is -0.132. The molecule has 1 fully saturated rings. The van der Waals surface area contributed by atoms with Gasteiger partial charge in [0, 0.05) is 56.8 Å². The van der Waals surface area contributed by atoms with E-state index in [9.17, 15) is 9.59 Å². The van der Waals surface area contributed by atoms with Gasteiger partial charge in [-0.3, -0.25) is 19.2 Å². The lowest BCUT2D eigenvalue weighted by Crippen LogP contribution is -2.49. The smallest absolute Gasteiger partial charge is 0.223 e. The van der Waals surface area contributed by atoms with Crippen molar-refractivity contribution in [3.8, 4) is 0 Å². The van der Waals surface area contributed by atoms with Crippen LogP contribution in [0.15, 0.2) is 36.4 Å². The normalized spacial score (nSPS) is 15.1. The molecule has 1 aromatic heterocycles. The molecule has 0 bridgehead atoms. The molecule has 1 aliphatic rings. The van der Waals surface area contributed by atoms with E-state index in [2.05, 4.69) is 23.0 Å². The summed E-state index contributed by atoms with van der Waals surface area (Å²) in [7, 11) is 0. The van der Waals surface area contributed by atoms with Crippen molar-refractivity contribution >= 4 is 11.7 Å². The molecule has 0 aliphatic carbocycles. The summed E-state index contributed by atoms with van der Waals surface area (Å²) in [6.07, 6.45) is 0.570. The minimum Gasteiger partial charge on any atom is -0.340 e. The van der Waals surface area contributed by atoms with Gasteiger partial charge in [-0.25, -0.2) is 0 Å². The zero-order valence-corrected chi connectivity index (χ0v) is 16.2. The number of benzene rings is 1. The molecule has 3 rings (SSSR count). The van der Waals surface area contributed by atoms with Crippen LogP contribution < -0.4 is 0 Å². The Hall–Kier alpha value is -2.47. The quantitative estimate of drug-likeness (QED) is 0.704. The highest BCUT2D eigenvalue weighted by molar-refractivity contribution is 5.97. The second-order valence-electron chi connectivity index (χ2n) is 7.16. The summed E-state index contributed by atoms with van der Waals surface area (Å²) in [5.41, 5.74) is 2.91. The average molecular weight is 368 g/mol. The summed E-state index contributed by atoms with van der Waals surface area (Å²) in [6.45, 7) is 9.11. The molecule has 0 radical (unpaired) electrons. The molecule has 1 aliphatic heterocycles. The minimum atomic E-state index is 0.0347. The Morgan fingerprint density at radius 2 is 1.67 bits per heavy atom. The van der Waals surface area contributed by atoms with E-state index < -0.39 is 0 Å². The third-order valence-corrected chi connectivity index (χ3v) is 5.12. The number of rotatable bonds is 7. The molecule has 0 atom stereocenters. The Morgan fingerprint density at radius 3 is 2.30 bits per heavy atom. The molecule has 0 unspecified atom stereocenters. The molecule has 1 amide bonds. The van der Waals surface area contributed by atoms with Gasteiger partial charge < -0.3 is 4.90 Å². The zero-order chi connectivity index (χ0) is 19.2. The number of piperazine rings is 1. The number of carbonyl (C=O) groups excluding carboxylic acids is 2. The number of hydrogen-bond donors (Lipinski definition) is 0. The van der Waals surface area contributed by atoms with Crippen LogP contribution in [0.2, 0.25) is 0 Å². The third kappa shape index (κ3) is 5.26. The van der Waals surface area contributed by atoms with Crippen molar-refractivity contribution in [2.45, 2.75) is 33.2 Å². The molecular weight excluding hydrogens is 340 g/mol. The maximum Gasteiger partial charge on any atom is 0.223 e. The highest BCUT2D eigenvalue weighted by atomic mass is 16.2. The minimum absolute atomic E-state index is 0.0347. The Kier molecular flexibility index (Phi) is 6.40. The van der Waals surface area contributed by atoms with Crippen molar-refractivity contribution in [1.82, 2.24) is 19.6 Å². The van der Waals surface area contributed by atoms with Gasteiger partial charge in [-0.15, -0.1) is 0 Å². The van der Waals surface area contributed by atoms with E-state index >= 15 is 0 Å². The van der Waals surface area contributed by atoms with Gasteiger partial charge in [0.15, 0.2) is 5.78 Å². The van der Waals surface area contributed by atoms with Crippen LogP contribution in [0, 0.1) is 13.8 Å². The van der Waals surface area contributed by atoms with Gasteiger partial charge in [-0.1, -0.05) is 30.3 Å². The van der Waals surface area contributed by atoms with Crippen LogP contribution in [0.25, 0.3) is 0 Å². The SMILES string of the molecule is Cc1cc(C)n(CCN2CCN(C(=O)CCC(=O)c3ccccc3)CC2)n1. The maximum absolute atomic E-state index is 12.4. The van der Waals surface area contributed by atoms with Crippen molar-refractivity contribution in [3.63, 3.8) is 0 Å². The van der Waals surface area contributed by atoms with Crippen LogP contribution in [0.1, 0.15) is 34.6 Å². The van der Waals surface area contributed by atoms with E-state index in [1.54, 1.807) is 12.1 Å². The number of nitrogens with zero attached hydrogens (tertiary/aromatic N) is 4. The topological polar surface area (TPSA) is 58.4 Å². The summed E-state index contributed by atoms with van der Waals surface area (Å²) < 4.78 is 2.04. The number of hydrogen-bond acceptors (Lipinski definition) is 4. The second kappa shape index (κ2) is 8.95. The fourth-order valence-electron chi connectivity index (χ4n) is 3.51. The molecule has 2 heterocycles. The van der Waals surface area contributed by atoms with Gasteiger partial charge in [0.1, 0.15) is 0 Å². The van der Waals surface area contributed by atoms with E-state index in [4.69, 9.17) is 0 Å². The Labute approximate surface area is 160 Å². The molecule has 0 spiro atoms. The number of amides is 1.